The Labute approximate surface area is 133 Å². The molecule has 0 aromatic heterocycles. The van der Waals surface area contributed by atoms with Gasteiger partial charge in [0.25, 0.3) is 0 Å². The van der Waals surface area contributed by atoms with Crippen LogP contribution in [0.5, 0.6) is 0 Å². The molecule has 1 aliphatic carbocycles. The smallest absolute Gasteiger partial charge is 0.215 e. The third kappa shape index (κ3) is 4.37. The lowest BCUT2D eigenvalue weighted by Crippen LogP contribution is -2.59. The topological polar surface area (TPSA) is 81.4 Å². The van der Waals surface area contributed by atoms with E-state index in [-0.39, 0.29) is 5.25 Å². The normalized spacial score (nSPS) is 25.0. The molecule has 122 valence electrons. The largest absolute Gasteiger partial charge is 0.392 e. The molecule has 1 saturated heterocycles. The first kappa shape index (κ1) is 17.1. The molecule has 3 N–H and O–H groups in total. The molecule has 0 atom stereocenters. The molecular weight excluding hydrogens is 308 g/mol. The number of ether oxygens (including phenoxy) is 1. The fourth-order valence-corrected chi connectivity index (χ4v) is 5.41. The molecule has 1 saturated carbocycles. The summed E-state index contributed by atoms with van der Waals surface area (Å²) < 4.78 is 33.5. The zero-order valence-electron chi connectivity index (χ0n) is 12.5. The van der Waals surface area contributed by atoms with Gasteiger partial charge >= 0.3 is 0 Å². The van der Waals surface area contributed by atoms with Crippen LogP contribution in [0.1, 0.15) is 57.8 Å². The summed E-state index contributed by atoms with van der Waals surface area (Å²) in [5.74, 6) is 0. The van der Waals surface area contributed by atoms with Gasteiger partial charge in [-0.15, -0.1) is 0 Å². The van der Waals surface area contributed by atoms with Gasteiger partial charge in [-0.3, -0.25) is 0 Å². The third-order valence-electron chi connectivity index (χ3n) is 4.62. The summed E-state index contributed by atoms with van der Waals surface area (Å²) in [6.45, 7) is 1.01. The monoisotopic (exact) mass is 334 g/mol. The molecule has 0 amide bonds. The predicted octanol–water partition coefficient (Wildman–Crippen LogP) is 1.85. The lowest BCUT2D eigenvalue weighted by Gasteiger charge is -2.37. The molecule has 5 nitrogen and oxygen atoms in total. The number of hydrogen-bond donors (Lipinski definition) is 2. The number of nitrogens with two attached hydrogens (primary N) is 1. The second-order valence-corrected chi connectivity index (χ2v) is 8.57. The maximum atomic E-state index is 12.7. The molecule has 0 spiro atoms. The van der Waals surface area contributed by atoms with Crippen molar-refractivity contribution in [3.8, 4) is 0 Å². The van der Waals surface area contributed by atoms with Gasteiger partial charge in [0.1, 0.15) is 0 Å². The van der Waals surface area contributed by atoms with Gasteiger partial charge in [-0.2, -0.15) is 0 Å². The molecule has 0 aromatic rings. The summed E-state index contributed by atoms with van der Waals surface area (Å²) in [7, 11) is -3.41. The van der Waals surface area contributed by atoms with Gasteiger partial charge in [0.05, 0.1) is 15.8 Å². The molecule has 1 heterocycles. The Kier molecular flexibility index (Phi) is 5.99. The zero-order chi connectivity index (χ0) is 15.3. The van der Waals surface area contributed by atoms with Gasteiger partial charge in [-0.1, -0.05) is 44.3 Å². The van der Waals surface area contributed by atoms with Crippen molar-refractivity contribution in [1.29, 1.82) is 0 Å². The third-order valence-corrected chi connectivity index (χ3v) is 7.04. The van der Waals surface area contributed by atoms with Gasteiger partial charge in [0.2, 0.25) is 10.0 Å². The summed E-state index contributed by atoms with van der Waals surface area (Å²) in [5.41, 5.74) is 5.21. The highest BCUT2D eigenvalue weighted by atomic mass is 32.2. The van der Waals surface area contributed by atoms with Crippen LogP contribution in [0.4, 0.5) is 0 Å². The highest BCUT2D eigenvalue weighted by Gasteiger charge is 2.40. The highest BCUT2D eigenvalue weighted by molar-refractivity contribution is 7.90. The lowest BCUT2D eigenvalue weighted by molar-refractivity contribution is 0.0979. The molecule has 0 bridgehead atoms. The van der Waals surface area contributed by atoms with E-state index in [4.69, 9.17) is 22.7 Å². The van der Waals surface area contributed by atoms with Crippen LogP contribution in [-0.2, 0) is 14.8 Å². The SMILES string of the molecule is NC(=S)C1(NS(=O)(=O)C2CCOCC2)CCCCCCC1. The second kappa shape index (κ2) is 7.35. The van der Waals surface area contributed by atoms with Gasteiger partial charge in [-0.05, 0) is 25.7 Å². The number of rotatable bonds is 4. The van der Waals surface area contributed by atoms with Crippen molar-refractivity contribution in [2.45, 2.75) is 68.6 Å². The van der Waals surface area contributed by atoms with E-state index in [0.717, 1.165) is 25.7 Å². The fraction of sp³-hybridized carbons (Fsp3) is 0.929. The van der Waals surface area contributed by atoms with Crippen LogP contribution in [0.2, 0.25) is 0 Å². The number of hydrogen-bond acceptors (Lipinski definition) is 4. The van der Waals surface area contributed by atoms with Gasteiger partial charge in [-0.25, -0.2) is 13.1 Å². The minimum Gasteiger partial charge on any atom is -0.392 e. The van der Waals surface area contributed by atoms with Crippen molar-refractivity contribution >= 4 is 27.2 Å². The lowest BCUT2D eigenvalue weighted by atomic mass is 9.85. The Morgan fingerprint density at radius 1 is 1.10 bits per heavy atom. The van der Waals surface area contributed by atoms with E-state index in [2.05, 4.69) is 4.72 Å². The minimum absolute atomic E-state index is 0.292. The van der Waals surface area contributed by atoms with E-state index in [1.165, 1.54) is 6.42 Å². The average molecular weight is 335 g/mol. The molecule has 2 fully saturated rings. The quantitative estimate of drug-likeness (QED) is 0.767. The van der Waals surface area contributed by atoms with Crippen molar-refractivity contribution in [2.75, 3.05) is 13.2 Å². The van der Waals surface area contributed by atoms with Crippen LogP contribution in [0.25, 0.3) is 0 Å². The fourth-order valence-electron chi connectivity index (χ4n) is 3.25. The number of sulfonamides is 1. The standard InChI is InChI=1S/C14H26N2O3S2/c15-13(20)14(8-4-2-1-3-5-9-14)16-21(17,18)12-6-10-19-11-7-12/h12,16H,1-11H2,(H2,15,20). The van der Waals surface area contributed by atoms with Crippen LogP contribution < -0.4 is 10.5 Å². The van der Waals surface area contributed by atoms with Crippen molar-refractivity contribution in [3.63, 3.8) is 0 Å². The summed E-state index contributed by atoms with van der Waals surface area (Å²) in [6, 6.07) is 0. The summed E-state index contributed by atoms with van der Waals surface area (Å²) in [5, 5.41) is -0.386. The Balaban J connectivity index is 2.15. The first-order chi connectivity index (χ1) is 9.96. The Morgan fingerprint density at radius 3 is 2.14 bits per heavy atom. The molecule has 21 heavy (non-hydrogen) atoms. The average Bonchev–Trinajstić information content (AvgIpc) is 2.42. The molecule has 1 aliphatic heterocycles. The summed E-state index contributed by atoms with van der Waals surface area (Å²) >= 11 is 5.23. The molecule has 0 radical (unpaired) electrons. The van der Waals surface area contributed by atoms with E-state index in [1.54, 1.807) is 0 Å². The zero-order valence-corrected chi connectivity index (χ0v) is 14.1. The van der Waals surface area contributed by atoms with E-state index in [1.807, 2.05) is 0 Å². The summed E-state index contributed by atoms with van der Waals surface area (Å²) in [6.07, 6.45) is 7.88. The van der Waals surface area contributed by atoms with E-state index in [0.29, 0.717) is 43.9 Å². The van der Waals surface area contributed by atoms with Crippen molar-refractivity contribution < 1.29 is 13.2 Å². The Bertz CT molecular complexity index is 451. The molecule has 0 unspecified atom stereocenters. The van der Waals surface area contributed by atoms with E-state index in [9.17, 15) is 8.42 Å². The minimum atomic E-state index is -3.41. The van der Waals surface area contributed by atoms with Crippen molar-refractivity contribution in [2.24, 2.45) is 5.73 Å². The molecule has 2 rings (SSSR count). The van der Waals surface area contributed by atoms with E-state index < -0.39 is 15.6 Å². The predicted molar refractivity (Wildman–Crippen MR) is 87.7 cm³/mol. The molecular formula is C14H26N2O3S2. The number of thiocarbonyl (C=S) groups is 1. The van der Waals surface area contributed by atoms with Crippen LogP contribution >= 0.6 is 12.2 Å². The second-order valence-electron chi connectivity index (χ2n) is 6.17. The van der Waals surface area contributed by atoms with Crippen LogP contribution in [-0.4, -0.2) is 37.4 Å². The van der Waals surface area contributed by atoms with Crippen LogP contribution in [0, 0.1) is 0 Å². The van der Waals surface area contributed by atoms with E-state index >= 15 is 0 Å². The van der Waals surface area contributed by atoms with Crippen LogP contribution in [0.15, 0.2) is 0 Å². The highest BCUT2D eigenvalue weighted by Crippen LogP contribution is 2.29. The Hall–Kier alpha value is -0.240. The van der Waals surface area contributed by atoms with Crippen molar-refractivity contribution in [1.82, 2.24) is 4.72 Å². The number of nitrogens with one attached hydrogen (secondary N) is 1. The first-order valence-corrected chi connectivity index (χ1v) is 9.82. The summed E-state index contributed by atoms with van der Waals surface area (Å²) in [4.78, 5) is 0.292. The van der Waals surface area contributed by atoms with Crippen LogP contribution in [0.3, 0.4) is 0 Å². The van der Waals surface area contributed by atoms with Gasteiger partial charge in [0, 0.05) is 13.2 Å². The molecule has 7 heteroatoms. The maximum Gasteiger partial charge on any atom is 0.215 e. The molecule has 2 aliphatic rings. The first-order valence-electron chi connectivity index (χ1n) is 7.87. The Morgan fingerprint density at radius 2 is 1.62 bits per heavy atom. The van der Waals surface area contributed by atoms with Crippen molar-refractivity contribution in [3.05, 3.63) is 0 Å². The van der Waals surface area contributed by atoms with Gasteiger partial charge < -0.3 is 10.5 Å². The molecule has 0 aromatic carbocycles. The van der Waals surface area contributed by atoms with Gasteiger partial charge in [0.15, 0.2) is 0 Å². The maximum absolute atomic E-state index is 12.7.